The van der Waals surface area contributed by atoms with E-state index in [0.29, 0.717) is 29.9 Å². The van der Waals surface area contributed by atoms with Gasteiger partial charge in [0.15, 0.2) is 0 Å². The van der Waals surface area contributed by atoms with Gasteiger partial charge in [-0.25, -0.2) is 0 Å². The predicted octanol–water partition coefficient (Wildman–Crippen LogP) is 1.36. The summed E-state index contributed by atoms with van der Waals surface area (Å²) in [5.74, 6) is -1.47. The molecule has 0 aromatic heterocycles. The van der Waals surface area contributed by atoms with Crippen LogP contribution in [0.4, 0.5) is 5.69 Å². The topological polar surface area (TPSA) is 99.2 Å². The summed E-state index contributed by atoms with van der Waals surface area (Å²) >= 11 is 0. The Bertz CT molecular complexity index is 950. The van der Waals surface area contributed by atoms with Crippen LogP contribution in [0.15, 0.2) is 48.5 Å². The second-order valence-electron chi connectivity index (χ2n) is 7.65. The van der Waals surface area contributed by atoms with Gasteiger partial charge in [0.05, 0.1) is 30.4 Å². The van der Waals surface area contributed by atoms with Crippen LogP contribution in [0.5, 0.6) is 0 Å². The fourth-order valence-corrected chi connectivity index (χ4v) is 3.87. The second-order valence-corrected chi connectivity index (χ2v) is 7.65. The lowest BCUT2D eigenvalue weighted by atomic mass is 10.1. The highest BCUT2D eigenvalue weighted by atomic mass is 16.5. The van der Waals surface area contributed by atoms with Crippen molar-refractivity contribution in [1.82, 2.24) is 10.2 Å². The Balaban J connectivity index is 1.34. The molecule has 2 aliphatic rings. The third-order valence-electron chi connectivity index (χ3n) is 5.72. The fourth-order valence-electron chi connectivity index (χ4n) is 3.87. The molecule has 2 N–H and O–H groups in total. The minimum Gasteiger partial charge on any atom is -0.387 e. The Morgan fingerprint density at radius 2 is 1.61 bits per heavy atom. The van der Waals surface area contributed by atoms with Crippen molar-refractivity contribution in [3.05, 3.63) is 65.2 Å². The van der Waals surface area contributed by atoms with Gasteiger partial charge in [0, 0.05) is 25.3 Å². The molecule has 1 saturated heterocycles. The summed E-state index contributed by atoms with van der Waals surface area (Å²) in [6.07, 6.45) is -0.905. The summed E-state index contributed by atoms with van der Waals surface area (Å²) in [6, 6.07) is 13.1. The molecule has 2 aliphatic heterocycles. The first-order valence-electron chi connectivity index (χ1n) is 10.3. The zero-order valence-electron chi connectivity index (χ0n) is 17.3. The van der Waals surface area contributed by atoms with Crippen molar-refractivity contribution in [1.29, 1.82) is 0 Å². The van der Waals surface area contributed by atoms with Crippen LogP contribution >= 0.6 is 0 Å². The van der Waals surface area contributed by atoms with Crippen LogP contribution in [0.1, 0.15) is 39.3 Å². The number of hydrogen-bond donors (Lipinski definition) is 2. The van der Waals surface area contributed by atoms with Gasteiger partial charge in [-0.15, -0.1) is 0 Å². The molecule has 31 heavy (non-hydrogen) atoms. The van der Waals surface area contributed by atoms with E-state index in [2.05, 4.69) is 10.2 Å². The SMILES string of the molecule is CC(C(=O)NCC(O)c1ccc(N2CCOCC2)cc1)N1C(=O)c2ccccc2C1=O. The maximum atomic E-state index is 12.6. The van der Waals surface area contributed by atoms with Crippen molar-refractivity contribution in [2.45, 2.75) is 19.1 Å². The van der Waals surface area contributed by atoms with E-state index >= 15 is 0 Å². The van der Waals surface area contributed by atoms with Gasteiger partial charge < -0.3 is 20.1 Å². The molecule has 0 bridgehead atoms. The molecule has 8 nitrogen and oxygen atoms in total. The summed E-state index contributed by atoms with van der Waals surface area (Å²) in [5.41, 5.74) is 2.33. The highest BCUT2D eigenvalue weighted by Crippen LogP contribution is 2.25. The number of rotatable bonds is 6. The number of amides is 3. The highest BCUT2D eigenvalue weighted by molar-refractivity contribution is 6.22. The van der Waals surface area contributed by atoms with Crippen LogP contribution in [0.3, 0.4) is 0 Å². The van der Waals surface area contributed by atoms with Gasteiger partial charge in [0.1, 0.15) is 6.04 Å². The van der Waals surface area contributed by atoms with E-state index in [1.165, 1.54) is 6.92 Å². The standard InChI is InChI=1S/C23H25N3O5/c1-15(26-22(29)18-4-2-3-5-19(18)23(26)30)21(28)24-14-20(27)16-6-8-17(9-7-16)25-10-12-31-13-11-25/h2-9,15,20,27H,10-14H2,1H3,(H,24,28). The summed E-state index contributed by atoms with van der Waals surface area (Å²) in [4.78, 5) is 40.8. The van der Waals surface area contributed by atoms with Gasteiger partial charge in [-0.1, -0.05) is 24.3 Å². The van der Waals surface area contributed by atoms with Gasteiger partial charge in [0.2, 0.25) is 5.91 Å². The molecule has 0 spiro atoms. The maximum Gasteiger partial charge on any atom is 0.262 e. The number of nitrogens with one attached hydrogen (secondary N) is 1. The number of imide groups is 1. The van der Waals surface area contributed by atoms with E-state index < -0.39 is 29.9 Å². The zero-order valence-corrected chi connectivity index (χ0v) is 17.3. The quantitative estimate of drug-likeness (QED) is 0.681. The van der Waals surface area contributed by atoms with Crippen molar-refractivity contribution >= 4 is 23.4 Å². The molecule has 2 aromatic carbocycles. The third kappa shape index (κ3) is 4.17. The van der Waals surface area contributed by atoms with Crippen molar-refractivity contribution in [2.75, 3.05) is 37.7 Å². The molecule has 0 radical (unpaired) electrons. The number of carbonyl (C=O) groups excluding carboxylic acids is 3. The zero-order chi connectivity index (χ0) is 22.0. The Morgan fingerprint density at radius 1 is 1.03 bits per heavy atom. The smallest absolute Gasteiger partial charge is 0.262 e. The number of morpholine rings is 1. The number of aliphatic hydroxyl groups excluding tert-OH is 1. The van der Waals surface area contributed by atoms with Crippen molar-refractivity contribution in [3.63, 3.8) is 0 Å². The van der Waals surface area contributed by atoms with E-state index in [1.807, 2.05) is 24.3 Å². The molecule has 4 rings (SSSR count). The van der Waals surface area contributed by atoms with Crippen LogP contribution in [0.25, 0.3) is 0 Å². The van der Waals surface area contributed by atoms with Gasteiger partial charge >= 0.3 is 0 Å². The van der Waals surface area contributed by atoms with E-state index in [4.69, 9.17) is 4.74 Å². The van der Waals surface area contributed by atoms with Crippen molar-refractivity contribution in [2.24, 2.45) is 0 Å². The third-order valence-corrected chi connectivity index (χ3v) is 5.72. The highest BCUT2D eigenvalue weighted by Gasteiger charge is 2.40. The van der Waals surface area contributed by atoms with E-state index in [1.54, 1.807) is 24.3 Å². The van der Waals surface area contributed by atoms with Gasteiger partial charge in [-0.05, 0) is 36.8 Å². The summed E-state index contributed by atoms with van der Waals surface area (Å²) in [7, 11) is 0. The first-order chi connectivity index (χ1) is 15.0. The molecular formula is C23H25N3O5. The largest absolute Gasteiger partial charge is 0.387 e. The van der Waals surface area contributed by atoms with Crippen LogP contribution in [0, 0.1) is 0 Å². The summed E-state index contributed by atoms with van der Waals surface area (Å²) in [6.45, 7) is 4.52. The molecule has 1 fully saturated rings. The number of anilines is 1. The Kier molecular flexibility index (Phi) is 6.01. The number of benzene rings is 2. The Labute approximate surface area is 180 Å². The first kappa shape index (κ1) is 21.0. The first-order valence-corrected chi connectivity index (χ1v) is 10.3. The minimum absolute atomic E-state index is 0.0246. The van der Waals surface area contributed by atoms with Crippen LogP contribution < -0.4 is 10.2 Å². The van der Waals surface area contributed by atoms with Gasteiger partial charge in [-0.3, -0.25) is 19.3 Å². The number of carbonyl (C=O) groups is 3. The number of hydrogen-bond acceptors (Lipinski definition) is 6. The van der Waals surface area contributed by atoms with E-state index in [9.17, 15) is 19.5 Å². The molecule has 162 valence electrons. The van der Waals surface area contributed by atoms with E-state index in [-0.39, 0.29) is 6.54 Å². The monoisotopic (exact) mass is 423 g/mol. The molecular weight excluding hydrogens is 398 g/mol. The average Bonchev–Trinajstić information content (AvgIpc) is 3.07. The van der Waals surface area contributed by atoms with Crippen LogP contribution in [0.2, 0.25) is 0 Å². The normalized spacial score (nSPS) is 18.0. The van der Waals surface area contributed by atoms with E-state index in [0.717, 1.165) is 23.7 Å². The second kappa shape index (κ2) is 8.87. The van der Waals surface area contributed by atoms with Crippen LogP contribution in [-0.4, -0.2) is 66.6 Å². The molecule has 0 saturated carbocycles. The van der Waals surface area contributed by atoms with Crippen molar-refractivity contribution in [3.8, 4) is 0 Å². The maximum absolute atomic E-state index is 12.6. The summed E-state index contributed by atoms with van der Waals surface area (Å²) < 4.78 is 5.36. The number of ether oxygens (including phenoxy) is 1. The summed E-state index contributed by atoms with van der Waals surface area (Å²) in [5, 5.41) is 13.1. The molecule has 2 unspecified atom stereocenters. The number of aliphatic hydroxyl groups is 1. The Hall–Kier alpha value is -3.23. The molecule has 3 amide bonds. The number of fused-ring (bicyclic) bond motifs is 1. The molecule has 0 aliphatic carbocycles. The van der Waals surface area contributed by atoms with Crippen LogP contribution in [-0.2, 0) is 9.53 Å². The molecule has 2 atom stereocenters. The number of nitrogens with zero attached hydrogens (tertiary/aromatic N) is 2. The lowest BCUT2D eigenvalue weighted by Gasteiger charge is -2.29. The minimum atomic E-state index is -0.983. The molecule has 2 aromatic rings. The average molecular weight is 423 g/mol. The fraction of sp³-hybridized carbons (Fsp3) is 0.348. The molecule has 2 heterocycles. The van der Waals surface area contributed by atoms with Crippen molar-refractivity contribution < 1.29 is 24.2 Å². The van der Waals surface area contributed by atoms with Gasteiger partial charge in [0.25, 0.3) is 11.8 Å². The van der Waals surface area contributed by atoms with Gasteiger partial charge in [-0.2, -0.15) is 0 Å². The lowest BCUT2D eigenvalue weighted by Crippen LogP contribution is -2.48. The molecule has 8 heteroatoms. The lowest BCUT2D eigenvalue weighted by molar-refractivity contribution is -0.125. The predicted molar refractivity (Wildman–Crippen MR) is 114 cm³/mol. The Morgan fingerprint density at radius 3 is 2.19 bits per heavy atom.